The Kier molecular flexibility index (Phi) is 3.81. The van der Waals surface area contributed by atoms with Crippen LogP contribution in [0.4, 0.5) is 11.4 Å². The Labute approximate surface area is 125 Å². The quantitative estimate of drug-likeness (QED) is 0.811. The molecule has 1 aliphatic heterocycles. The molecule has 2 atom stereocenters. The van der Waals surface area contributed by atoms with Gasteiger partial charge in [0.15, 0.2) is 0 Å². The van der Waals surface area contributed by atoms with Crippen LogP contribution in [-0.2, 0) is 14.8 Å². The SMILES string of the molecule is CNS(=O)(=O)c1cc(N)ccc1N1CCOC2CCCC21. The van der Waals surface area contributed by atoms with Gasteiger partial charge in [-0.25, -0.2) is 13.1 Å². The van der Waals surface area contributed by atoms with E-state index < -0.39 is 10.0 Å². The normalized spacial score (nSPS) is 25.9. The lowest BCUT2D eigenvalue weighted by Gasteiger charge is -2.40. The van der Waals surface area contributed by atoms with Gasteiger partial charge in [0.2, 0.25) is 10.0 Å². The Morgan fingerprint density at radius 1 is 1.38 bits per heavy atom. The number of morpholine rings is 1. The van der Waals surface area contributed by atoms with Crippen LogP contribution in [0.15, 0.2) is 23.1 Å². The van der Waals surface area contributed by atoms with Crippen LogP contribution in [0.2, 0.25) is 0 Å². The molecule has 6 nitrogen and oxygen atoms in total. The van der Waals surface area contributed by atoms with Crippen LogP contribution in [0.25, 0.3) is 0 Å². The van der Waals surface area contributed by atoms with E-state index in [9.17, 15) is 8.42 Å². The van der Waals surface area contributed by atoms with E-state index in [1.165, 1.54) is 13.1 Å². The molecule has 3 N–H and O–H groups in total. The Bertz CT molecular complexity index is 632. The van der Waals surface area contributed by atoms with Crippen LogP contribution in [0.3, 0.4) is 0 Å². The first-order valence-electron chi connectivity index (χ1n) is 7.24. The van der Waals surface area contributed by atoms with Gasteiger partial charge in [0, 0.05) is 12.2 Å². The Hall–Kier alpha value is -1.31. The molecule has 1 aromatic rings. The molecule has 21 heavy (non-hydrogen) atoms. The highest BCUT2D eigenvalue weighted by Gasteiger charge is 2.37. The van der Waals surface area contributed by atoms with Gasteiger partial charge in [-0.15, -0.1) is 0 Å². The third kappa shape index (κ3) is 2.61. The number of nitrogens with zero attached hydrogens (tertiary/aromatic N) is 1. The monoisotopic (exact) mass is 311 g/mol. The van der Waals surface area contributed by atoms with Gasteiger partial charge in [0.05, 0.1) is 24.4 Å². The van der Waals surface area contributed by atoms with Crippen LogP contribution in [0.5, 0.6) is 0 Å². The molecule has 2 aliphatic rings. The number of hydrogen-bond donors (Lipinski definition) is 2. The molecule has 1 aliphatic carbocycles. The Morgan fingerprint density at radius 3 is 2.95 bits per heavy atom. The average molecular weight is 311 g/mol. The molecule has 1 heterocycles. The van der Waals surface area contributed by atoms with Crippen molar-refractivity contribution in [2.45, 2.75) is 36.3 Å². The van der Waals surface area contributed by atoms with E-state index in [-0.39, 0.29) is 17.0 Å². The summed E-state index contributed by atoms with van der Waals surface area (Å²) in [5.74, 6) is 0. The van der Waals surface area contributed by atoms with Gasteiger partial charge in [-0.3, -0.25) is 0 Å². The van der Waals surface area contributed by atoms with Crippen molar-refractivity contribution in [1.29, 1.82) is 0 Å². The highest BCUT2D eigenvalue weighted by molar-refractivity contribution is 7.89. The van der Waals surface area contributed by atoms with Gasteiger partial charge >= 0.3 is 0 Å². The third-order valence-corrected chi connectivity index (χ3v) is 5.78. The van der Waals surface area contributed by atoms with Crippen molar-refractivity contribution < 1.29 is 13.2 Å². The third-order valence-electron chi connectivity index (χ3n) is 4.33. The molecule has 2 unspecified atom stereocenters. The van der Waals surface area contributed by atoms with Crippen molar-refractivity contribution in [2.75, 3.05) is 30.8 Å². The molecule has 1 saturated carbocycles. The first kappa shape index (κ1) is 14.6. The molecule has 0 aromatic heterocycles. The van der Waals surface area contributed by atoms with Crippen LogP contribution in [0, 0.1) is 0 Å². The standard InChI is InChI=1S/C14H21N3O3S/c1-16-21(18,19)14-9-10(15)5-6-12(14)17-7-8-20-13-4-2-3-11(13)17/h5-6,9,11,13,16H,2-4,7-8,15H2,1H3. The van der Waals surface area contributed by atoms with Gasteiger partial charge in [0.1, 0.15) is 4.90 Å². The number of fused-ring (bicyclic) bond motifs is 1. The predicted octanol–water partition coefficient (Wildman–Crippen LogP) is 0.935. The summed E-state index contributed by atoms with van der Waals surface area (Å²) >= 11 is 0. The van der Waals surface area contributed by atoms with Crippen LogP contribution >= 0.6 is 0 Å². The molecule has 116 valence electrons. The van der Waals surface area contributed by atoms with Crippen molar-refractivity contribution in [3.05, 3.63) is 18.2 Å². The largest absolute Gasteiger partial charge is 0.399 e. The maximum Gasteiger partial charge on any atom is 0.242 e. The van der Waals surface area contributed by atoms with E-state index >= 15 is 0 Å². The summed E-state index contributed by atoms with van der Waals surface area (Å²) < 4.78 is 32.7. The number of ether oxygens (including phenoxy) is 1. The zero-order valence-electron chi connectivity index (χ0n) is 12.1. The van der Waals surface area contributed by atoms with Crippen molar-refractivity contribution in [1.82, 2.24) is 4.72 Å². The van der Waals surface area contributed by atoms with E-state index in [1.807, 2.05) is 0 Å². The second-order valence-electron chi connectivity index (χ2n) is 5.54. The highest BCUT2D eigenvalue weighted by atomic mass is 32.2. The number of sulfonamides is 1. The van der Waals surface area contributed by atoms with Gasteiger partial charge in [0.25, 0.3) is 0 Å². The van der Waals surface area contributed by atoms with Gasteiger partial charge in [-0.05, 0) is 44.5 Å². The Balaban J connectivity index is 2.05. The minimum Gasteiger partial charge on any atom is -0.399 e. The molecule has 2 fully saturated rings. The first-order chi connectivity index (χ1) is 10.0. The van der Waals surface area contributed by atoms with Gasteiger partial charge < -0.3 is 15.4 Å². The molecule has 0 spiro atoms. The minimum absolute atomic E-state index is 0.210. The summed E-state index contributed by atoms with van der Waals surface area (Å²) in [6, 6.07) is 5.35. The second kappa shape index (κ2) is 5.47. The van der Waals surface area contributed by atoms with E-state index in [0.29, 0.717) is 18.8 Å². The first-order valence-corrected chi connectivity index (χ1v) is 8.72. The van der Waals surface area contributed by atoms with E-state index in [0.717, 1.165) is 24.9 Å². The zero-order valence-corrected chi connectivity index (χ0v) is 12.9. The van der Waals surface area contributed by atoms with Crippen molar-refractivity contribution in [3.8, 4) is 0 Å². The van der Waals surface area contributed by atoms with E-state index in [1.54, 1.807) is 12.1 Å². The summed E-state index contributed by atoms with van der Waals surface area (Å²) in [5, 5.41) is 0. The van der Waals surface area contributed by atoms with Crippen LogP contribution in [-0.4, -0.2) is 40.8 Å². The molecule has 0 radical (unpaired) electrons. The number of nitrogen functional groups attached to an aromatic ring is 1. The fourth-order valence-corrected chi connectivity index (χ4v) is 4.29. The summed E-state index contributed by atoms with van der Waals surface area (Å²) in [7, 11) is -2.13. The topological polar surface area (TPSA) is 84.7 Å². The lowest BCUT2D eigenvalue weighted by atomic mass is 10.1. The fraction of sp³-hybridized carbons (Fsp3) is 0.571. The molecule has 1 saturated heterocycles. The molecule has 0 amide bonds. The number of benzene rings is 1. The summed E-state index contributed by atoms with van der Waals surface area (Å²) in [5.41, 5.74) is 6.95. The number of nitrogens with one attached hydrogen (secondary N) is 1. The fourth-order valence-electron chi connectivity index (χ4n) is 3.32. The summed E-state index contributed by atoms with van der Waals surface area (Å²) in [6.45, 7) is 1.34. The molecule has 7 heteroatoms. The predicted molar refractivity (Wildman–Crippen MR) is 81.8 cm³/mol. The maximum atomic E-state index is 12.3. The van der Waals surface area contributed by atoms with Crippen molar-refractivity contribution in [2.24, 2.45) is 0 Å². The van der Waals surface area contributed by atoms with E-state index in [4.69, 9.17) is 10.5 Å². The highest BCUT2D eigenvalue weighted by Crippen LogP contribution is 2.36. The minimum atomic E-state index is -3.54. The Morgan fingerprint density at radius 2 is 2.19 bits per heavy atom. The second-order valence-corrected chi connectivity index (χ2v) is 7.39. The lowest BCUT2D eigenvalue weighted by Crippen LogP contribution is -2.49. The van der Waals surface area contributed by atoms with Crippen molar-refractivity contribution >= 4 is 21.4 Å². The van der Waals surface area contributed by atoms with Crippen molar-refractivity contribution in [3.63, 3.8) is 0 Å². The van der Waals surface area contributed by atoms with Crippen LogP contribution in [0.1, 0.15) is 19.3 Å². The van der Waals surface area contributed by atoms with Crippen LogP contribution < -0.4 is 15.4 Å². The lowest BCUT2D eigenvalue weighted by molar-refractivity contribution is 0.0254. The molecule has 0 bridgehead atoms. The molecular weight excluding hydrogens is 290 g/mol. The van der Waals surface area contributed by atoms with E-state index in [2.05, 4.69) is 9.62 Å². The smallest absolute Gasteiger partial charge is 0.242 e. The number of rotatable bonds is 3. The number of anilines is 2. The number of hydrogen-bond acceptors (Lipinski definition) is 5. The molecule has 1 aromatic carbocycles. The van der Waals surface area contributed by atoms with Gasteiger partial charge in [-0.1, -0.05) is 0 Å². The maximum absolute atomic E-state index is 12.3. The molecule has 3 rings (SSSR count). The summed E-state index contributed by atoms with van der Waals surface area (Å²) in [6.07, 6.45) is 3.41. The zero-order chi connectivity index (χ0) is 15.0. The summed E-state index contributed by atoms with van der Waals surface area (Å²) in [4.78, 5) is 2.42. The number of nitrogens with two attached hydrogens (primary N) is 1. The average Bonchev–Trinajstić information content (AvgIpc) is 2.95. The van der Waals surface area contributed by atoms with Gasteiger partial charge in [-0.2, -0.15) is 0 Å². The molecular formula is C14H21N3O3S.